The van der Waals surface area contributed by atoms with E-state index in [2.05, 4.69) is 0 Å². The summed E-state index contributed by atoms with van der Waals surface area (Å²) in [6, 6.07) is 5.23. The first kappa shape index (κ1) is 15.3. The number of rotatable bonds is 6. The number of methoxy groups -OCH3 is 2. The predicted molar refractivity (Wildman–Crippen MR) is 70.5 cm³/mol. The molecule has 1 aromatic rings. The molecule has 0 spiro atoms. The molecule has 0 unspecified atom stereocenters. The molecule has 5 nitrogen and oxygen atoms in total. The van der Waals surface area contributed by atoms with Crippen molar-refractivity contribution in [1.82, 2.24) is 0 Å². The summed E-state index contributed by atoms with van der Waals surface area (Å²) in [5.41, 5.74) is -0.800. The van der Waals surface area contributed by atoms with Gasteiger partial charge in [0.2, 0.25) is 0 Å². The van der Waals surface area contributed by atoms with Crippen molar-refractivity contribution in [2.75, 3.05) is 20.8 Å². The highest BCUT2D eigenvalue weighted by Gasteiger charge is 2.32. The Morgan fingerprint density at radius 3 is 2.42 bits per heavy atom. The molecule has 0 aliphatic rings. The average Bonchev–Trinajstić information content (AvgIpc) is 2.38. The summed E-state index contributed by atoms with van der Waals surface area (Å²) in [6.07, 6.45) is 0.145. The first-order valence-electron chi connectivity index (χ1n) is 6.05. The number of carbonyl (C=O) groups is 1. The molecule has 0 fully saturated rings. The second kappa shape index (κ2) is 6.43. The minimum Gasteiger partial charge on any atom is -0.493 e. The second-order valence-electron chi connectivity index (χ2n) is 4.36. The number of hydrogen-bond acceptors (Lipinski definition) is 5. The SMILES string of the molecule is CCOC(=O)[C@](C)(O)Cc1ccc(OC)c(OC)c1. The van der Waals surface area contributed by atoms with Gasteiger partial charge < -0.3 is 19.3 Å². The molecule has 106 valence electrons. The largest absolute Gasteiger partial charge is 0.493 e. The normalized spacial score (nSPS) is 13.5. The van der Waals surface area contributed by atoms with Gasteiger partial charge in [0.1, 0.15) is 0 Å². The quantitative estimate of drug-likeness (QED) is 0.793. The third-order valence-electron chi connectivity index (χ3n) is 2.71. The van der Waals surface area contributed by atoms with Gasteiger partial charge >= 0.3 is 5.97 Å². The van der Waals surface area contributed by atoms with E-state index in [1.54, 1.807) is 32.2 Å². The van der Waals surface area contributed by atoms with Crippen LogP contribution >= 0.6 is 0 Å². The average molecular weight is 268 g/mol. The monoisotopic (exact) mass is 268 g/mol. The molecule has 0 bridgehead atoms. The molecule has 0 aliphatic heterocycles. The molecule has 0 radical (unpaired) electrons. The summed E-state index contributed by atoms with van der Waals surface area (Å²) in [7, 11) is 3.08. The summed E-state index contributed by atoms with van der Waals surface area (Å²) in [6.45, 7) is 3.37. The fraction of sp³-hybridized carbons (Fsp3) is 0.500. The number of aliphatic hydroxyl groups is 1. The maximum absolute atomic E-state index is 11.6. The van der Waals surface area contributed by atoms with E-state index in [9.17, 15) is 9.90 Å². The number of hydrogen-bond donors (Lipinski definition) is 1. The van der Waals surface area contributed by atoms with Crippen molar-refractivity contribution in [2.45, 2.75) is 25.9 Å². The highest BCUT2D eigenvalue weighted by atomic mass is 16.5. The van der Waals surface area contributed by atoms with Gasteiger partial charge in [-0.1, -0.05) is 6.07 Å². The van der Waals surface area contributed by atoms with E-state index in [4.69, 9.17) is 14.2 Å². The Bertz CT molecular complexity index is 439. The Morgan fingerprint density at radius 1 is 1.26 bits per heavy atom. The van der Waals surface area contributed by atoms with E-state index in [-0.39, 0.29) is 13.0 Å². The predicted octanol–water partition coefficient (Wildman–Crippen LogP) is 1.56. The van der Waals surface area contributed by atoms with Crippen molar-refractivity contribution in [3.63, 3.8) is 0 Å². The molecule has 5 heteroatoms. The molecule has 1 N–H and O–H groups in total. The fourth-order valence-corrected chi connectivity index (χ4v) is 1.75. The molecule has 0 aromatic heterocycles. The summed E-state index contributed by atoms with van der Waals surface area (Å²) < 4.78 is 15.1. The lowest BCUT2D eigenvalue weighted by Crippen LogP contribution is -2.39. The van der Waals surface area contributed by atoms with Crippen LogP contribution in [0.4, 0.5) is 0 Å². The van der Waals surface area contributed by atoms with E-state index >= 15 is 0 Å². The third kappa shape index (κ3) is 3.86. The first-order chi connectivity index (χ1) is 8.94. The molecule has 1 rings (SSSR count). The molecule has 1 aromatic carbocycles. The number of carbonyl (C=O) groups excluding carboxylic acids is 1. The first-order valence-corrected chi connectivity index (χ1v) is 6.05. The van der Waals surface area contributed by atoms with Gasteiger partial charge in [-0.05, 0) is 31.5 Å². The van der Waals surface area contributed by atoms with Gasteiger partial charge in [-0.3, -0.25) is 0 Å². The Morgan fingerprint density at radius 2 is 1.89 bits per heavy atom. The van der Waals surface area contributed by atoms with Crippen LogP contribution in [0, 0.1) is 0 Å². The van der Waals surface area contributed by atoms with E-state index in [0.717, 1.165) is 5.56 Å². The summed E-state index contributed by atoms with van der Waals surface area (Å²) in [5.74, 6) is 0.520. The highest BCUT2D eigenvalue weighted by Crippen LogP contribution is 2.29. The van der Waals surface area contributed by atoms with Gasteiger partial charge in [-0.15, -0.1) is 0 Å². The summed E-state index contributed by atoms with van der Waals surface area (Å²) >= 11 is 0. The van der Waals surface area contributed by atoms with Crippen LogP contribution in [0.1, 0.15) is 19.4 Å². The Hall–Kier alpha value is -1.75. The minimum absolute atomic E-state index is 0.145. The van der Waals surface area contributed by atoms with Gasteiger partial charge in [0.15, 0.2) is 17.1 Å². The van der Waals surface area contributed by atoms with Crippen LogP contribution in [0.15, 0.2) is 18.2 Å². The van der Waals surface area contributed by atoms with E-state index in [1.807, 2.05) is 0 Å². The standard InChI is InChI=1S/C14H20O5/c1-5-19-13(15)14(2,16)9-10-6-7-11(17-3)12(8-10)18-4/h6-8,16H,5,9H2,1-4H3/t14-/m1/s1. The van der Waals surface area contributed by atoms with Crippen molar-refractivity contribution in [2.24, 2.45) is 0 Å². The topological polar surface area (TPSA) is 65.0 Å². The molecule has 0 saturated heterocycles. The lowest BCUT2D eigenvalue weighted by atomic mass is 9.96. The van der Waals surface area contributed by atoms with Crippen molar-refractivity contribution in [3.05, 3.63) is 23.8 Å². The zero-order valence-corrected chi connectivity index (χ0v) is 11.7. The van der Waals surface area contributed by atoms with Crippen LogP contribution in [0.3, 0.4) is 0 Å². The second-order valence-corrected chi connectivity index (χ2v) is 4.36. The molecule has 0 saturated carbocycles. The van der Waals surface area contributed by atoms with Crippen LogP contribution in [-0.4, -0.2) is 37.5 Å². The van der Waals surface area contributed by atoms with Crippen LogP contribution in [-0.2, 0) is 16.0 Å². The highest BCUT2D eigenvalue weighted by molar-refractivity contribution is 5.79. The maximum Gasteiger partial charge on any atom is 0.338 e. The Kier molecular flexibility index (Phi) is 5.18. The molecule has 1 atom stereocenters. The molecule has 19 heavy (non-hydrogen) atoms. The zero-order valence-electron chi connectivity index (χ0n) is 11.7. The summed E-state index contributed by atoms with van der Waals surface area (Å²) in [5, 5.41) is 10.1. The van der Waals surface area contributed by atoms with Gasteiger partial charge in [0, 0.05) is 6.42 Å². The van der Waals surface area contributed by atoms with E-state index < -0.39 is 11.6 Å². The molecule has 0 heterocycles. The number of ether oxygens (including phenoxy) is 3. The summed E-state index contributed by atoms with van der Waals surface area (Å²) in [4.78, 5) is 11.6. The smallest absolute Gasteiger partial charge is 0.338 e. The molecular weight excluding hydrogens is 248 g/mol. The molecular formula is C14H20O5. The van der Waals surface area contributed by atoms with Crippen LogP contribution in [0.2, 0.25) is 0 Å². The molecule has 0 aliphatic carbocycles. The van der Waals surface area contributed by atoms with Gasteiger partial charge in [0.05, 0.1) is 20.8 Å². The van der Waals surface area contributed by atoms with Gasteiger partial charge in [0.25, 0.3) is 0 Å². The zero-order chi connectivity index (χ0) is 14.5. The van der Waals surface area contributed by atoms with E-state index in [0.29, 0.717) is 11.5 Å². The van der Waals surface area contributed by atoms with Gasteiger partial charge in [-0.25, -0.2) is 4.79 Å². The minimum atomic E-state index is -1.56. The van der Waals surface area contributed by atoms with Crippen LogP contribution < -0.4 is 9.47 Å². The lowest BCUT2D eigenvalue weighted by molar-refractivity contribution is -0.163. The lowest BCUT2D eigenvalue weighted by Gasteiger charge is -2.21. The number of benzene rings is 1. The van der Waals surface area contributed by atoms with Gasteiger partial charge in [-0.2, -0.15) is 0 Å². The van der Waals surface area contributed by atoms with Crippen molar-refractivity contribution < 1.29 is 24.1 Å². The van der Waals surface area contributed by atoms with Crippen LogP contribution in [0.5, 0.6) is 11.5 Å². The van der Waals surface area contributed by atoms with E-state index in [1.165, 1.54) is 14.0 Å². The third-order valence-corrected chi connectivity index (χ3v) is 2.71. The van der Waals surface area contributed by atoms with Crippen LogP contribution in [0.25, 0.3) is 0 Å². The Labute approximate surface area is 113 Å². The Balaban J connectivity index is 2.90. The maximum atomic E-state index is 11.6. The molecule has 0 amide bonds. The van der Waals surface area contributed by atoms with Crippen molar-refractivity contribution >= 4 is 5.97 Å². The van der Waals surface area contributed by atoms with Crippen molar-refractivity contribution in [1.29, 1.82) is 0 Å². The fourth-order valence-electron chi connectivity index (χ4n) is 1.75. The number of esters is 1. The van der Waals surface area contributed by atoms with Crippen molar-refractivity contribution in [3.8, 4) is 11.5 Å².